The van der Waals surface area contributed by atoms with Crippen LogP contribution in [0.15, 0.2) is 51.2 Å². The van der Waals surface area contributed by atoms with E-state index in [9.17, 15) is 9.90 Å². The second kappa shape index (κ2) is 7.35. The van der Waals surface area contributed by atoms with Crippen LogP contribution in [0.5, 0.6) is 0 Å². The number of aliphatic hydroxyl groups is 1. The maximum absolute atomic E-state index is 12.3. The van der Waals surface area contributed by atoms with E-state index in [1.54, 1.807) is 0 Å². The molecular weight excluding hydrogens is 398 g/mol. The highest BCUT2D eigenvalue weighted by Gasteiger charge is 2.56. The van der Waals surface area contributed by atoms with Crippen LogP contribution in [0.25, 0.3) is 0 Å². The van der Waals surface area contributed by atoms with Gasteiger partial charge in [-0.25, -0.2) is 0 Å². The van der Waals surface area contributed by atoms with E-state index in [0.717, 1.165) is 49.7 Å². The quantitative estimate of drug-likeness (QED) is 0.382. The number of oxime groups is 1. The number of rotatable bonds is 2. The standard InChI is InChI=1S/C25H28ClNO3/c1-25-12-19(15-4-2-14(3-5-15)13-27-30)23-16-8-10-21(28)24(26)17(16)6-7-18(23)20(25)9-11-22(25)29/h2-5,13,18-20,22,29-30H,6-12H2,1H3/b27-13+/t18?,19-,20?,22+,25+/m1/s1. The smallest absolute Gasteiger partial charge is 0.174 e. The molecule has 2 fully saturated rings. The zero-order valence-corrected chi connectivity index (χ0v) is 18.0. The lowest BCUT2D eigenvalue weighted by atomic mass is 9.53. The number of carbonyl (C=O) groups is 1. The summed E-state index contributed by atoms with van der Waals surface area (Å²) in [5, 5.41) is 23.3. The van der Waals surface area contributed by atoms with E-state index in [0.29, 0.717) is 23.3 Å². The zero-order valence-electron chi connectivity index (χ0n) is 17.3. The first-order valence-corrected chi connectivity index (χ1v) is 11.4. The number of nitrogens with zero attached hydrogens (tertiary/aromatic N) is 1. The van der Waals surface area contributed by atoms with Gasteiger partial charge in [0.05, 0.1) is 17.4 Å². The van der Waals surface area contributed by atoms with E-state index in [-0.39, 0.29) is 23.2 Å². The van der Waals surface area contributed by atoms with E-state index >= 15 is 0 Å². The van der Waals surface area contributed by atoms with Gasteiger partial charge in [0, 0.05) is 12.3 Å². The summed E-state index contributed by atoms with van der Waals surface area (Å²) in [6.07, 6.45) is 7.20. The fraction of sp³-hybridized carbons (Fsp3) is 0.520. The molecule has 4 aliphatic rings. The molecule has 4 aliphatic carbocycles. The summed E-state index contributed by atoms with van der Waals surface area (Å²) in [6, 6.07) is 8.19. The number of benzene rings is 1. The van der Waals surface area contributed by atoms with Gasteiger partial charge >= 0.3 is 0 Å². The van der Waals surface area contributed by atoms with E-state index in [4.69, 9.17) is 16.8 Å². The van der Waals surface area contributed by atoms with Crippen LogP contribution in [-0.4, -0.2) is 28.4 Å². The summed E-state index contributed by atoms with van der Waals surface area (Å²) in [6.45, 7) is 2.28. The molecule has 0 radical (unpaired) electrons. The first-order chi connectivity index (χ1) is 14.4. The van der Waals surface area contributed by atoms with Crippen LogP contribution in [0, 0.1) is 17.3 Å². The summed E-state index contributed by atoms with van der Waals surface area (Å²) in [7, 11) is 0. The van der Waals surface area contributed by atoms with Crippen molar-refractivity contribution in [3.8, 4) is 0 Å². The van der Waals surface area contributed by atoms with Gasteiger partial charge in [0.15, 0.2) is 5.78 Å². The Morgan fingerprint density at radius 2 is 1.87 bits per heavy atom. The van der Waals surface area contributed by atoms with Gasteiger partial charge in [-0.15, -0.1) is 0 Å². The number of ketones is 1. The number of halogens is 1. The second-order valence-electron chi connectivity index (χ2n) is 9.67. The zero-order chi connectivity index (χ0) is 21.0. The minimum atomic E-state index is -0.259. The van der Waals surface area contributed by atoms with Crippen LogP contribution in [0.3, 0.4) is 0 Å². The SMILES string of the molecule is C[C@]12C[C@H](c3ccc(/C=N/O)cc3)C3=C4CCC(=O)C(Cl)=C4CCC3C1CC[C@@H]2O. The van der Waals surface area contributed by atoms with Crippen molar-refractivity contribution in [3.63, 3.8) is 0 Å². The molecule has 0 bridgehead atoms. The molecule has 2 N–H and O–H groups in total. The van der Waals surface area contributed by atoms with E-state index < -0.39 is 0 Å². The Bertz CT molecular complexity index is 977. The molecule has 2 unspecified atom stereocenters. The summed E-state index contributed by atoms with van der Waals surface area (Å²) < 4.78 is 0. The Hall–Kier alpha value is -1.91. The molecule has 4 nitrogen and oxygen atoms in total. The number of hydrogen-bond donors (Lipinski definition) is 2. The lowest BCUT2D eigenvalue weighted by molar-refractivity contribution is -0.115. The number of hydrogen-bond acceptors (Lipinski definition) is 4. The van der Waals surface area contributed by atoms with Gasteiger partial charge in [0.2, 0.25) is 0 Å². The highest BCUT2D eigenvalue weighted by molar-refractivity contribution is 6.43. The molecule has 5 heteroatoms. The molecule has 1 aromatic carbocycles. The molecule has 1 aromatic rings. The monoisotopic (exact) mass is 425 g/mol. The van der Waals surface area contributed by atoms with Gasteiger partial charge < -0.3 is 10.3 Å². The summed E-state index contributed by atoms with van der Waals surface area (Å²) in [5.74, 6) is 1.23. The Morgan fingerprint density at radius 1 is 1.10 bits per heavy atom. The summed E-state index contributed by atoms with van der Waals surface area (Å²) in [4.78, 5) is 12.3. The molecule has 2 saturated carbocycles. The Kier molecular flexibility index (Phi) is 4.90. The molecule has 0 saturated heterocycles. The number of allylic oxidation sites excluding steroid dienone is 4. The van der Waals surface area contributed by atoms with Crippen molar-refractivity contribution in [2.45, 2.75) is 63.9 Å². The van der Waals surface area contributed by atoms with Crippen molar-refractivity contribution in [3.05, 3.63) is 57.1 Å². The Morgan fingerprint density at radius 3 is 2.60 bits per heavy atom. The molecule has 158 valence electrons. The number of fused-ring (bicyclic) bond motifs is 4. The van der Waals surface area contributed by atoms with E-state index in [1.165, 1.54) is 22.9 Å². The maximum Gasteiger partial charge on any atom is 0.174 e. The molecule has 0 aliphatic heterocycles. The van der Waals surface area contributed by atoms with Gasteiger partial charge in [0.25, 0.3) is 0 Å². The number of aliphatic hydroxyl groups excluding tert-OH is 1. The third kappa shape index (κ3) is 2.91. The molecule has 5 atom stereocenters. The van der Waals surface area contributed by atoms with Gasteiger partial charge in [-0.05, 0) is 78.0 Å². The van der Waals surface area contributed by atoms with Gasteiger partial charge in [-0.3, -0.25) is 4.79 Å². The maximum atomic E-state index is 12.3. The third-order valence-electron chi connectivity index (χ3n) is 8.34. The first kappa shape index (κ1) is 20.0. The van der Waals surface area contributed by atoms with Crippen molar-refractivity contribution >= 4 is 23.6 Å². The van der Waals surface area contributed by atoms with Crippen LogP contribution in [-0.2, 0) is 4.79 Å². The van der Waals surface area contributed by atoms with Crippen molar-refractivity contribution in [1.29, 1.82) is 0 Å². The first-order valence-electron chi connectivity index (χ1n) is 11.0. The van der Waals surface area contributed by atoms with Crippen LogP contribution >= 0.6 is 11.6 Å². The number of carbonyl (C=O) groups excluding carboxylic acids is 1. The van der Waals surface area contributed by atoms with Gasteiger partial charge in [-0.1, -0.05) is 53.5 Å². The molecule has 0 amide bonds. The van der Waals surface area contributed by atoms with Gasteiger partial charge in [-0.2, -0.15) is 0 Å². The average molecular weight is 426 g/mol. The molecular formula is C25H28ClNO3. The normalized spacial score (nSPS) is 36.2. The van der Waals surface area contributed by atoms with E-state index in [1.807, 2.05) is 12.1 Å². The number of Topliss-reactive ketones (excluding diaryl/α,β-unsaturated/α-hetero) is 1. The Labute approximate surface area is 182 Å². The van der Waals surface area contributed by atoms with Crippen LogP contribution in [0.4, 0.5) is 0 Å². The van der Waals surface area contributed by atoms with Crippen molar-refractivity contribution in [2.24, 2.45) is 22.4 Å². The van der Waals surface area contributed by atoms with Crippen LogP contribution in [0.1, 0.15) is 68.9 Å². The van der Waals surface area contributed by atoms with Crippen molar-refractivity contribution in [2.75, 3.05) is 0 Å². The average Bonchev–Trinajstić information content (AvgIpc) is 3.05. The lowest BCUT2D eigenvalue weighted by Crippen LogP contribution is -2.45. The molecule has 0 spiro atoms. The van der Waals surface area contributed by atoms with Gasteiger partial charge in [0.1, 0.15) is 0 Å². The Balaban J connectivity index is 1.67. The highest BCUT2D eigenvalue weighted by atomic mass is 35.5. The molecule has 0 aromatic heterocycles. The molecule has 5 rings (SSSR count). The van der Waals surface area contributed by atoms with E-state index in [2.05, 4.69) is 24.2 Å². The lowest BCUT2D eigenvalue weighted by Gasteiger charge is -2.52. The summed E-state index contributed by atoms with van der Waals surface area (Å²) in [5.41, 5.74) is 5.88. The fourth-order valence-electron chi connectivity index (χ4n) is 6.87. The summed E-state index contributed by atoms with van der Waals surface area (Å²) >= 11 is 6.50. The highest BCUT2D eigenvalue weighted by Crippen LogP contribution is 2.64. The predicted molar refractivity (Wildman–Crippen MR) is 117 cm³/mol. The molecule has 0 heterocycles. The largest absolute Gasteiger partial charge is 0.411 e. The van der Waals surface area contributed by atoms with Crippen LogP contribution < -0.4 is 0 Å². The minimum absolute atomic E-state index is 0.0793. The fourth-order valence-corrected chi connectivity index (χ4v) is 7.17. The topological polar surface area (TPSA) is 69.9 Å². The second-order valence-corrected chi connectivity index (χ2v) is 10.0. The molecule has 30 heavy (non-hydrogen) atoms. The van der Waals surface area contributed by atoms with Crippen molar-refractivity contribution in [1.82, 2.24) is 0 Å². The van der Waals surface area contributed by atoms with Crippen LogP contribution in [0.2, 0.25) is 0 Å². The predicted octanol–water partition coefficient (Wildman–Crippen LogP) is 5.32. The van der Waals surface area contributed by atoms with Crippen molar-refractivity contribution < 1.29 is 15.1 Å². The minimum Gasteiger partial charge on any atom is -0.411 e. The third-order valence-corrected chi connectivity index (χ3v) is 8.78.